The van der Waals surface area contributed by atoms with Crippen molar-refractivity contribution >= 4 is 17.3 Å². The van der Waals surface area contributed by atoms with Crippen molar-refractivity contribution in [3.05, 3.63) is 24.0 Å². The molecule has 0 amide bonds. The van der Waals surface area contributed by atoms with Gasteiger partial charge in [-0.1, -0.05) is 0 Å². The SMILES string of the molecule is O=C1c2ccncc2NC2=NCCC12. The van der Waals surface area contributed by atoms with E-state index in [4.69, 9.17) is 0 Å². The number of anilines is 1. The number of carbonyl (C=O) groups excluding carboxylic acids is 1. The number of ketones is 1. The van der Waals surface area contributed by atoms with E-state index < -0.39 is 0 Å². The van der Waals surface area contributed by atoms with Crippen molar-refractivity contribution in [2.24, 2.45) is 10.9 Å². The van der Waals surface area contributed by atoms with Gasteiger partial charge in [-0.3, -0.25) is 14.8 Å². The number of nitrogens with one attached hydrogen (secondary N) is 1. The van der Waals surface area contributed by atoms with Crippen LogP contribution in [0.5, 0.6) is 0 Å². The minimum Gasteiger partial charge on any atom is -0.342 e. The van der Waals surface area contributed by atoms with Gasteiger partial charge < -0.3 is 5.32 Å². The number of rotatable bonds is 0. The van der Waals surface area contributed by atoms with Crippen LogP contribution in [0.3, 0.4) is 0 Å². The van der Waals surface area contributed by atoms with Gasteiger partial charge in [0.1, 0.15) is 5.84 Å². The summed E-state index contributed by atoms with van der Waals surface area (Å²) in [6.07, 6.45) is 4.16. The van der Waals surface area contributed by atoms with E-state index in [1.807, 2.05) is 0 Å². The van der Waals surface area contributed by atoms with E-state index in [-0.39, 0.29) is 11.7 Å². The molecule has 4 heteroatoms. The normalized spacial score (nSPS) is 23.6. The number of amidine groups is 1. The van der Waals surface area contributed by atoms with Crippen LogP contribution in [0.1, 0.15) is 16.8 Å². The van der Waals surface area contributed by atoms with E-state index in [9.17, 15) is 4.79 Å². The Morgan fingerprint density at radius 3 is 3.36 bits per heavy atom. The first-order valence-electron chi connectivity index (χ1n) is 4.66. The number of hydrogen-bond acceptors (Lipinski definition) is 4. The van der Waals surface area contributed by atoms with Crippen LogP contribution in [-0.2, 0) is 0 Å². The summed E-state index contributed by atoms with van der Waals surface area (Å²) in [5, 5.41) is 3.16. The second kappa shape index (κ2) is 2.64. The Morgan fingerprint density at radius 2 is 2.43 bits per heavy atom. The first-order valence-corrected chi connectivity index (χ1v) is 4.66. The van der Waals surface area contributed by atoms with Gasteiger partial charge in [0.2, 0.25) is 0 Å². The molecule has 4 nitrogen and oxygen atoms in total. The summed E-state index contributed by atoms with van der Waals surface area (Å²) in [4.78, 5) is 20.2. The molecule has 2 aliphatic heterocycles. The van der Waals surface area contributed by atoms with Crippen LogP contribution in [0.25, 0.3) is 0 Å². The third-order valence-electron chi connectivity index (χ3n) is 2.70. The highest BCUT2D eigenvalue weighted by Crippen LogP contribution is 2.29. The number of Topliss-reactive ketones (excluding diaryl/α,β-unsaturated/α-hetero) is 1. The Hall–Kier alpha value is -1.71. The van der Waals surface area contributed by atoms with Crippen LogP contribution < -0.4 is 5.32 Å². The highest BCUT2D eigenvalue weighted by molar-refractivity contribution is 6.22. The van der Waals surface area contributed by atoms with E-state index in [1.54, 1.807) is 18.5 Å². The maximum Gasteiger partial charge on any atom is 0.175 e. The molecular weight excluding hydrogens is 178 g/mol. The lowest BCUT2D eigenvalue weighted by molar-refractivity contribution is 0.0953. The molecule has 0 bridgehead atoms. The standard InChI is InChI=1S/C10H9N3O/c14-9-6-1-3-11-5-8(6)13-10-7(9)2-4-12-10/h1,3,5,7H,2,4H2,(H,12,13). The monoisotopic (exact) mass is 187 g/mol. The van der Waals surface area contributed by atoms with Crippen LogP contribution >= 0.6 is 0 Å². The number of aromatic nitrogens is 1. The van der Waals surface area contributed by atoms with Crippen LogP contribution in [0.15, 0.2) is 23.5 Å². The average molecular weight is 187 g/mol. The molecular formula is C10H9N3O. The van der Waals surface area contributed by atoms with Crippen molar-refractivity contribution < 1.29 is 4.79 Å². The lowest BCUT2D eigenvalue weighted by Crippen LogP contribution is -2.32. The summed E-state index contributed by atoms with van der Waals surface area (Å²) >= 11 is 0. The zero-order valence-electron chi connectivity index (χ0n) is 7.53. The molecule has 3 rings (SSSR count). The van der Waals surface area contributed by atoms with Crippen LogP contribution in [0, 0.1) is 5.92 Å². The first kappa shape index (κ1) is 7.67. The zero-order chi connectivity index (χ0) is 9.54. The van der Waals surface area contributed by atoms with Gasteiger partial charge in [0.25, 0.3) is 0 Å². The summed E-state index contributed by atoms with van der Waals surface area (Å²) in [5.41, 5.74) is 1.53. The molecule has 1 aromatic heterocycles. The molecule has 1 N–H and O–H groups in total. The lowest BCUT2D eigenvalue weighted by Gasteiger charge is -2.21. The highest BCUT2D eigenvalue weighted by Gasteiger charge is 2.34. The zero-order valence-corrected chi connectivity index (χ0v) is 7.53. The number of carbonyl (C=O) groups is 1. The molecule has 1 aromatic rings. The number of aliphatic imine (C=N–C) groups is 1. The largest absolute Gasteiger partial charge is 0.342 e. The van der Waals surface area contributed by atoms with Crippen molar-refractivity contribution in [2.75, 3.05) is 11.9 Å². The van der Waals surface area contributed by atoms with E-state index >= 15 is 0 Å². The molecule has 3 heterocycles. The predicted octanol–water partition coefficient (Wildman–Crippen LogP) is 1.11. The van der Waals surface area contributed by atoms with Gasteiger partial charge in [0.15, 0.2) is 5.78 Å². The molecule has 70 valence electrons. The number of fused-ring (bicyclic) bond motifs is 2. The fourth-order valence-electron chi connectivity index (χ4n) is 1.98. The molecule has 2 aliphatic rings. The number of hydrogen-bond donors (Lipinski definition) is 1. The molecule has 1 unspecified atom stereocenters. The first-order chi connectivity index (χ1) is 6.86. The number of pyridine rings is 1. The summed E-state index contributed by atoms with van der Waals surface area (Å²) in [7, 11) is 0. The fraction of sp³-hybridized carbons (Fsp3) is 0.300. The summed E-state index contributed by atoms with van der Waals surface area (Å²) < 4.78 is 0. The average Bonchev–Trinajstić information content (AvgIpc) is 2.66. The number of nitrogens with zero attached hydrogens (tertiary/aromatic N) is 2. The molecule has 0 fully saturated rings. The summed E-state index contributed by atoms with van der Waals surface area (Å²) in [5.74, 6) is 0.956. The van der Waals surface area contributed by atoms with Crippen molar-refractivity contribution in [3.8, 4) is 0 Å². The van der Waals surface area contributed by atoms with Gasteiger partial charge in [0, 0.05) is 18.3 Å². The highest BCUT2D eigenvalue weighted by atomic mass is 16.1. The van der Waals surface area contributed by atoms with E-state index in [2.05, 4.69) is 15.3 Å². The molecule has 0 saturated heterocycles. The molecule has 0 radical (unpaired) electrons. The van der Waals surface area contributed by atoms with Crippen molar-refractivity contribution in [3.63, 3.8) is 0 Å². The molecule has 1 atom stereocenters. The Balaban J connectivity index is 2.15. The quantitative estimate of drug-likeness (QED) is 0.661. The Bertz CT molecular complexity index is 439. The van der Waals surface area contributed by atoms with E-state index in [1.165, 1.54) is 0 Å². The van der Waals surface area contributed by atoms with Gasteiger partial charge in [-0.05, 0) is 12.5 Å². The Kier molecular flexibility index (Phi) is 1.45. The predicted molar refractivity (Wildman–Crippen MR) is 52.6 cm³/mol. The molecule has 0 saturated carbocycles. The minimum atomic E-state index is -0.0371. The van der Waals surface area contributed by atoms with Crippen molar-refractivity contribution in [2.45, 2.75) is 6.42 Å². The van der Waals surface area contributed by atoms with Gasteiger partial charge in [-0.25, -0.2) is 0 Å². The van der Waals surface area contributed by atoms with E-state index in [0.717, 1.165) is 30.1 Å². The second-order valence-electron chi connectivity index (χ2n) is 3.52. The second-order valence-corrected chi connectivity index (χ2v) is 3.52. The molecule has 0 spiro atoms. The van der Waals surface area contributed by atoms with Gasteiger partial charge >= 0.3 is 0 Å². The molecule has 0 aromatic carbocycles. The van der Waals surface area contributed by atoms with E-state index in [0.29, 0.717) is 0 Å². The Morgan fingerprint density at radius 1 is 1.50 bits per heavy atom. The van der Waals surface area contributed by atoms with Gasteiger partial charge in [-0.2, -0.15) is 0 Å². The van der Waals surface area contributed by atoms with Crippen LogP contribution in [-0.4, -0.2) is 23.1 Å². The van der Waals surface area contributed by atoms with Crippen LogP contribution in [0.2, 0.25) is 0 Å². The molecule has 14 heavy (non-hydrogen) atoms. The minimum absolute atomic E-state index is 0.0371. The smallest absolute Gasteiger partial charge is 0.175 e. The third-order valence-corrected chi connectivity index (χ3v) is 2.70. The van der Waals surface area contributed by atoms with Gasteiger partial charge in [-0.15, -0.1) is 0 Å². The van der Waals surface area contributed by atoms with Crippen LogP contribution in [0.4, 0.5) is 5.69 Å². The maximum atomic E-state index is 11.9. The topological polar surface area (TPSA) is 54.4 Å². The maximum absolute atomic E-state index is 11.9. The van der Waals surface area contributed by atoms with Crippen molar-refractivity contribution in [1.82, 2.24) is 4.98 Å². The summed E-state index contributed by atoms with van der Waals surface area (Å²) in [6, 6.07) is 1.76. The lowest BCUT2D eigenvalue weighted by atomic mass is 9.91. The fourth-order valence-corrected chi connectivity index (χ4v) is 1.98. The third kappa shape index (κ3) is 0.907. The summed E-state index contributed by atoms with van der Waals surface area (Å²) in [6.45, 7) is 0.750. The Labute approximate surface area is 81.1 Å². The van der Waals surface area contributed by atoms with Crippen molar-refractivity contribution in [1.29, 1.82) is 0 Å². The molecule has 0 aliphatic carbocycles. The van der Waals surface area contributed by atoms with Gasteiger partial charge in [0.05, 0.1) is 17.8 Å².